The van der Waals surface area contributed by atoms with E-state index >= 15 is 0 Å². The van der Waals surface area contributed by atoms with Crippen molar-refractivity contribution in [3.63, 3.8) is 0 Å². The van der Waals surface area contributed by atoms with E-state index < -0.39 is 78.5 Å². The monoisotopic (exact) mass is 1310 g/mol. The van der Waals surface area contributed by atoms with Gasteiger partial charge in [0.15, 0.2) is 0 Å². The summed E-state index contributed by atoms with van der Waals surface area (Å²) in [7, 11) is 0. The molecule has 0 radical (unpaired) electrons. The second kappa shape index (κ2) is 44.8. The molecule has 512 valence electrons. The molecule has 0 aliphatic carbocycles. The molecule has 2 aromatic heterocycles. The first-order chi connectivity index (χ1) is 43.3. The fourth-order valence-electron chi connectivity index (χ4n) is 8.14. The number of carbonyl (C=O) groups is 3. The van der Waals surface area contributed by atoms with Crippen LogP contribution in [0.25, 0.3) is 10.4 Å². The smallest absolute Gasteiger partial charge is 0.388 e. The molecular formula is C53H84F6N12O19. The van der Waals surface area contributed by atoms with Crippen LogP contribution in [0.3, 0.4) is 0 Å². The molecule has 2 saturated heterocycles. The van der Waals surface area contributed by atoms with Gasteiger partial charge >= 0.3 is 12.4 Å². The molecule has 37 heteroatoms. The number of halogens is 6. The Labute approximate surface area is 515 Å². The number of aliphatic hydroxyl groups excluding tert-OH is 4. The molecule has 2 fully saturated rings. The van der Waals surface area contributed by atoms with Crippen molar-refractivity contribution in [3.8, 4) is 0 Å². The number of alkyl halides is 6. The van der Waals surface area contributed by atoms with Crippen molar-refractivity contribution in [2.45, 2.75) is 106 Å². The predicted molar refractivity (Wildman–Crippen MR) is 300 cm³/mol. The van der Waals surface area contributed by atoms with Crippen LogP contribution in [0, 0.1) is 0 Å². The Bertz CT molecular complexity index is 2210. The third kappa shape index (κ3) is 33.1. The van der Waals surface area contributed by atoms with Crippen LogP contribution in [0.1, 0.15) is 49.9 Å². The van der Waals surface area contributed by atoms with Gasteiger partial charge in [0.05, 0.1) is 163 Å². The van der Waals surface area contributed by atoms with Gasteiger partial charge in [0.25, 0.3) is 0 Å². The number of hydrogen-bond acceptors (Lipinski definition) is 26. The van der Waals surface area contributed by atoms with Gasteiger partial charge in [0.2, 0.25) is 29.6 Å². The highest BCUT2D eigenvalue weighted by Gasteiger charge is 2.41. The Morgan fingerprint density at radius 3 is 1.34 bits per heavy atom. The SMILES string of the molecule is [N-]=[N+]=NCCCCCC(=O)NC(COCCC(=O)NCCOCCOCCOCCOCC1OC[C@H](Nc2nccc(C(F)(F)F)n2)[C@@H](O)[C@H]1O)COCCC(=O)NCCOCCOCCOCCOC[C@H]1OC[C@H](Nc2nccc(C(F)(F)F)n2)[C@@H](O)[C@H]1O. The first-order valence-electron chi connectivity index (χ1n) is 29.3. The summed E-state index contributed by atoms with van der Waals surface area (Å²) < 4.78 is 144. The molecule has 2 unspecified atom stereocenters. The molecule has 4 heterocycles. The van der Waals surface area contributed by atoms with E-state index in [2.05, 4.69) is 56.5 Å². The summed E-state index contributed by atoms with van der Waals surface area (Å²) in [4.78, 5) is 54.5. The van der Waals surface area contributed by atoms with E-state index in [4.69, 9.17) is 62.4 Å². The Kier molecular flexibility index (Phi) is 38.3. The van der Waals surface area contributed by atoms with Crippen molar-refractivity contribution in [2.75, 3.05) is 176 Å². The van der Waals surface area contributed by atoms with Gasteiger partial charge in [0, 0.05) is 56.2 Å². The molecule has 2 aliphatic heterocycles. The Balaban J connectivity index is 0.929. The van der Waals surface area contributed by atoms with Crippen LogP contribution in [-0.4, -0.2) is 278 Å². The number of amides is 3. The molecule has 31 nitrogen and oxygen atoms in total. The minimum Gasteiger partial charge on any atom is -0.388 e. The number of unbranched alkanes of at least 4 members (excludes halogenated alkanes) is 2. The van der Waals surface area contributed by atoms with E-state index in [1.54, 1.807) is 0 Å². The van der Waals surface area contributed by atoms with E-state index in [-0.39, 0.29) is 207 Å². The minimum absolute atomic E-state index is 0.0358. The molecule has 3 amide bonds. The molecule has 2 aromatic rings. The summed E-state index contributed by atoms with van der Waals surface area (Å²) in [6.45, 7) is 3.80. The van der Waals surface area contributed by atoms with E-state index in [1.165, 1.54) is 0 Å². The molecule has 9 N–H and O–H groups in total. The molecular weight excluding hydrogens is 1220 g/mol. The molecule has 90 heavy (non-hydrogen) atoms. The lowest BCUT2D eigenvalue weighted by molar-refractivity contribution is -0.161. The summed E-state index contributed by atoms with van der Waals surface area (Å²) >= 11 is 0. The molecule has 0 aromatic carbocycles. The number of aliphatic hydroxyl groups is 4. The van der Waals surface area contributed by atoms with E-state index in [0.29, 0.717) is 37.9 Å². The fourth-order valence-corrected chi connectivity index (χ4v) is 8.14. The zero-order valence-electron chi connectivity index (χ0n) is 49.7. The highest BCUT2D eigenvalue weighted by molar-refractivity contribution is 5.76. The summed E-state index contributed by atoms with van der Waals surface area (Å²) in [6, 6.07) is -1.09. The number of hydrogen-bond donors (Lipinski definition) is 9. The Morgan fingerprint density at radius 1 is 0.544 bits per heavy atom. The highest BCUT2D eigenvalue weighted by Crippen LogP contribution is 2.29. The van der Waals surface area contributed by atoms with Gasteiger partial charge < -0.3 is 104 Å². The third-order valence-corrected chi connectivity index (χ3v) is 12.9. The number of ether oxygens (including phenoxy) is 12. The van der Waals surface area contributed by atoms with E-state index in [9.17, 15) is 61.2 Å². The van der Waals surface area contributed by atoms with Gasteiger partial charge in [-0.1, -0.05) is 11.5 Å². The second-order valence-electron chi connectivity index (χ2n) is 19.9. The number of anilines is 2. The lowest BCUT2D eigenvalue weighted by atomic mass is 9.98. The summed E-state index contributed by atoms with van der Waals surface area (Å²) in [6.07, 6.45) is -12.7. The van der Waals surface area contributed by atoms with Crippen molar-refractivity contribution in [3.05, 3.63) is 46.4 Å². The van der Waals surface area contributed by atoms with Crippen LogP contribution in [0.15, 0.2) is 29.6 Å². The van der Waals surface area contributed by atoms with Gasteiger partial charge in [0.1, 0.15) is 48.0 Å². The molecule has 2 aliphatic rings. The maximum atomic E-state index is 13.0. The number of nitrogens with one attached hydrogen (secondary N) is 5. The van der Waals surface area contributed by atoms with Crippen LogP contribution < -0.4 is 26.6 Å². The van der Waals surface area contributed by atoms with Crippen LogP contribution >= 0.6 is 0 Å². The van der Waals surface area contributed by atoms with E-state index in [1.807, 2.05) is 0 Å². The molecule has 0 spiro atoms. The van der Waals surface area contributed by atoms with Gasteiger partial charge in [-0.2, -0.15) is 26.3 Å². The van der Waals surface area contributed by atoms with Gasteiger partial charge in [-0.3, -0.25) is 14.4 Å². The van der Waals surface area contributed by atoms with Crippen molar-refractivity contribution in [2.24, 2.45) is 5.11 Å². The Morgan fingerprint density at radius 2 is 0.944 bits per heavy atom. The first kappa shape index (κ1) is 76.9. The first-order valence-corrected chi connectivity index (χ1v) is 29.3. The summed E-state index contributed by atoms with van der Waals surface area (Å²) in [5, 5.41) is 58.9. The number of azide groups is 1. The quantitative estimate of drug-likeness (QED) is 0.0142. The third-order valence-electron chi connectivity index (χ3n) is 12.9. The van der Waals surface area contributed by atoms with Crippen molar-refractivity contribution >= 4 is 29.6 Å². The van der Waals surface area contributed by atoms with Crippen molar-refractivity contribution < 1.29 is 118 Å². The lowest BCUT2D eigenvalue weighted by Gasteiger charge is -2.37. The standard InChI is InChI=1S/C53H84F6N12O19/c54-52(55,56)41-5-10-63-50(69-41)67-37-32-89-39(48(77)46(37)75)34-87-28-26-83-24-22-81-20-18-79-16-12-61-43(72)7-14-85-30-36(66-45(74)4-2-1-3-9-65-71-60)31-86-15-8-44(73)62-13-17-80-19-21-82-23-25-84-27-29-88-35-40-49(78)47(76)38(33-90-40)68-51-64-11-6-42(70-51)53(57,58)59/h5-6,10-11,36-40,46-49,75-78H,1-4,7-9,12-35H2,(H,61,72)(H,62,73)(H,66,74)(H,63,67,69)(H,64,68,70)/t36?,37-,38-,39+,40?,46+,47+,48-,49-/m0/s1. The molecule has 9 atom stereocenters. The van der Waals surface area contributed by atoms with E-state index in [0.717, 1.165) is 12.4 Å². The lowest BCUT2D eigenvalue weighted by Crippen LogP contribution is -2.57. The number of nitrogens with zero attached hydrogens (tertiary/aromatic N) is 7. The van der Waals surface area contributed by atoms with Crippen LogP contribution in [-0.2, 0) is 83.6 Å². The topological polar surface area (TPSA) is 403 Å². The highest BCUT2D eigenvalue weighted by atomic mass is 19.4. The second-order valence-corrected chi connectivity index (χ2v) is 19.9. The maximum absolute atomic E-state index is 13.0. The largest absolute Gasteiger partial charge is 0.433 e. The molecule has 4 rings (SSSR count). The zero-order chi connectivity index (χ0) is 65.2. The van der Waals surface area contributed by atoms with Crippen molar-refractivity contribution in [1.82, 2.24) is 35.9 Å². The minimum atomic E-state index is -4.68. The normalized spacial score (nSPS) is 20.6. The average Bonchev–Trinajstić information content (AvgIpc) is 1.15. The number of carbonyl (C=O) groups excluding carboxylic acids is 3. The number of rotatable bonds is 49. The predicted octanol–water partition coefficient (Wildman–Crippen LogP) is 0.341. The van der Waals surface area contributed by atoms with Gasteiger partial charge in [-0.15, -0.1) is 0 Å². The zero-order valence-corrected chi connectivity index (χ0v) is 49.7. The maximum Gasteiger partial charge on any atom is 0.433 e. The molecule has 0 bridgehead atoms. The number of aromatic nitrogens is 4. The van der Waals surface area contributed by atoms with Gasteiger partial charge in [-0.25, -0.2) is 19.9 Å². The van der Waals surface area contributed by atoms with Crippen LogP contribution in [0.5, 0.6) is 0 Å². The molecule has 0 saturated carbocycles. The van der Waals surface area contributed by atoms with Crippen LogP contribution in [0.2, 0.25) is 0 Å². The Hall–Kier alpha value is -5.58. The average molecular weight is 1310 g/mol. The van der Waals surface area contributed by atoms with Crippen LogP contribution in [0.4, 0.5) is 38.2 Å². The van der Waals surface area contributed by atoms with Crippen molar-refractivity contribution in [1.29, 1.82) is 0 Å². The summed E-state index contributed by atoms with van der Waals surface area (Å²) in [5.74, 6) is -1.55. The van der Waals surface area contributed by atoms with Gasteiger partial charge in [-0.05, 0) is 30.5 Å². The summed E-state index contributed by atoms with van der Waals surface area (Å²) in [5.41, 5.74) is 6.13. The fraction of sp³-hybridized carbons (Fsp3) is 0.792.